The number of nitrogens with one attached hydrogen (secondary N) is 2. The highest BCUT2D eigenvalue weighted by atomic mass is 19.1. The van der Waals surface area contributed by atoms with Gasteiger partial charge in [-0.15, -0.1) is 0 Å². The van der Waals surface area contributed by atoms with Gasteiger partial charge >= 0.3 is 5.82 Å². The molecule has 0 saturated carbocycles. The number of imidazole rings is 1. The fraction of sp³-hybridized carbons (Fsp3) is 0.423. The van der Waals surface area contributed by atoms with Crippen molar-refractivity contribution >= 4 is 11.6 Å². The maximum absolute atomic E-state index is 13.8. The van der Waals surface area contributed by atoms with Gasteiger partial charge in [0.05, 0.1) is 12.1 Å². The molecule has 3 unspecified atom stereocenters. The second-order valence-electron chi connectivity index (χ2n) is 9.32. The van der Waals surface area contributed by atoms with Gasteiger partial charge in [0.25, 0.3) is 0 Å². The number of aliphatic hydroxyl groups is 1. The minimum absolute atomic E-state index is 0.0428. The maximum Gasteiger partial charge on any atom is 0.406 e. The van der Waals surface area contributed by atoms with Gasteiger partial charge in [-0.05, 0) is 76.4 Å². The van der Waals surface area contributed by atoms with E-state index in [0.717, 1.165) is 31.7 Å². The standard InChI is InChI=1S/C26H31F2N5O3/c1-3-16-7-8-18-5-4-6-22(21(18)11-16)29-14-24(34)23(12-17-9-19(27)13-20(28)10-17)31-26-25(33(35)36)30-15-32(26)2/h7-11,13,15,22-24,29,31,34H,3-6,12,14H2,1-2H3. The van der Waals surface area contributed by atoms with Crippen molar-refractivity contribution in [3.8, 4) is 0 Å². The molecule has 2 aromatic carbocycles. The minimum Gasteiger partial charge on any atom is -0.390 e. The largest absolute Gasteiger partial charge is 0.406 e. The van der Waals surface area contributed by atoms with Gasteiger partial charge in [0.1, 0.15) is 11.6 Å². The molecule has 10 heteroatoms. The summed E-state index contributed by atoms with van der Waals surface area (Å²) in [6.45, 7) is 2.29. The van der Waals surface area contributed by atoms with Crippen LogP contribution < -0.4 is 10.6 Å². The number of nitrogens with zero attached hydrogens (tertiary/aromatic N) is 3. The Kier molecular flexibility index (Phi) is 7.95. The van der Waals surface area contributed by atoms with E-state index in [4.69, 9.17) is 0 Å². The van der Waals surface area contributed by atoms with Crippen LogP contribution in [0.4, 0.5) is 20.4 Å². The van der Waals surface area contributed by atoms with Crippen molar-refractivity contribution in [1.29, 1.82) is 0 Å². The molecule has 0 aliphatic heterocycles. The first-order valence-corrected chi connectivity index (χ1v) is 12.2. The van der Waals surface area contributed by atoms with E-state index in [2.05, 4.69) is 40.7 Å². The molecule has 3 atom stereocenters. The van der Waals surface area contributed by atoms with Gasteiger partial charge in [-0.1, -0.05) is 25.1 Å². The third-order valence-electron chi connectivity index (χ3n) is 6.76. The number of benzene rings is 2. The number of rotatable bonds is 10. The summed E-state index contributed by atoms with van der Waals surface area (Å²) in [5, 5.41) is 29.1. The highest BCUT2D eigenvalue weighted by Gasteiger charge is 2.28. The Morgan fingerprint density at radius 1 is 1.22 bits per heavy atom. The topological polar surface area (TPSA) is 105 Å². The smallest absolute Gasteiger partial charge is 0.390 e. The Labute approximate surface area is 208 Å². The van der Waals surface area contributed by atoms with Crippen molar-refractivity contribution in [3.05, 3.63) is 86.7 Å². The van der Waals surface area contributed by atoms with Gasteiger partial charge in [0.2, 0.25) is 12.1 Å². The molecule has 3 aromatic rings. The van der Waals surface area contributed by atoms with E-state index in [9.17, 15) is 24.0 Å². The molecule has 1 aliphatic rings. The molecule has 4 rings (SSSR count). The molecule has 0 amide bonds. The van der Waals surface area contributed by atoms with Crippen molar-refractivity contribution in [3.63, 3.8) is 0 Å². The Bertz CT molecular complexity index is 1210. The van der Waals surface area contributed by atoms with E-state index < -0.39 is 28.7 Å². The first-order chi connectivity index (χ1) is 17.2. The summed E-state index contributed by atoms with van der Waals surface area (Å²) in [6.07, 6.45) is 4.22. The molecule has 8 nitrogen and oxygen atoms in total. The van der Waals surface area contributed by atoms with Crippen LogP contribution in [-0.4, -0.2) is 38.3 Å². The Morgan fingerprint density at radius 2 is 1.97 bits per heavy atom. The lowest BCUT2D eigenvalue weighted by Crippen LogP contribution is -2.44. The average molecular weight is 500 g/mol. The second kappa shape index (κ2) is 11.1. The van der Waals surface area contributed by atoms with Gasteiger partial charge in [0, 0.05) is 25.7 Å². The molecule has 0 saturated heterocycles. The molecular formula is C26H31F2N5O3. The van der Waals surface area contributed by atoms with Gasteiger partial charge in [0.15, 0.2) is 0 Å². The Balaban J connectivity index is 1.55. The van der Waals surface area contributed by atoms with Crippen LogP contribution in [0.5, 0.6) is 0 Å². The number of fused-ring (bicyclic) bond motifs is 1. The third-order valence-corrected chi connectivity index (χ3v) is 6.76. The lowest BCUT2D eigenvalue weighted by atomic mass is 9.86. The molecule has 192 valence electrons. The highest BCUT2D eigenvalue weighted by molar-refractivity contribution is 5.53. The number of aryl methyl sites for hydroxylation is 3. The predicted molar refractivity (Wildman–Crippen MR) is 133 cm³/mol. The fourth-order valence-electron chi connectivity index (χ4n) is 4.85. The molecular weight excluding hydrogens is 468 g/mol. The van der Waals surface area contributed by atoms with Crippen molar-refractivity contribution in [2.45, 2.75) is 57.2 Å². The number of hydrogen-bond acceptors (Lipinski definition) is 6. The SMILES string of the molecule is CCc1ccc2c(c1)C(NCC(O)C(Cc1cc(F)cc(F)c1)Nc1c([N+](=O)[O-])ncn1C)CCC2. The van der Waals surface area contributed by atoms with Crippen molar-refractivity contribution < 1.29 is 18.8 Å². The number of anilines is 1. The Morgan fingerprint density at radius 3 is 2.67 bits per heavy atom. The predicted octanol–water partition coefficient (Wildman–Crippen LogP) is 4.22. The molecule has 1 aliphatic carbocycles. The first kappa shape index (κ1) is 25.7. The summed E-state index contributed by atoms with van der Waals surface area (Å²) in [5.74, 6) is -1.74. The van der Waals surface area contributed by atoms with E-state index in [-0.39, 0.29) is 30.6 Å². The summed E-state index contributed by atoms with van der Waals surface area (Å²) in [6, 6.07) is 8.98. The van der Waals surface area contributed by atoms with Crippen LogP contribution in [0, 0.1) is 21.7 Å². The van der Waals surface area contributed by atoms with E-state index in [0.29, 0.717) is 5.56 Å². The van der Waals surface area contributed by atoms with E-state index in [1.54, 1.807) is 7.05 Å². The molecule has 1 heterocycles. The lowest BCUT2D eigenvalue weighted by Gasteiger charge is -2.30. The first-order valence-electron chi connectivity index (χ1n) is 12.2. The third kappa shape index (κ3) is 5.88. The second-order valence-corrected chi connectivity index (χ2v) is 9.32. The molecule has 0 radical (unpaired) electrons. The Hall–Kier alpha value is -3.37. The van der Waals surface area contributed by atoms with E-state index >= 15 is 0 Å². The molecule has 0 bridgehead atoms. The van der Waals surface area contributed by atoms with Crippen LogP contribution >= 0.6 is 0 Å². The van der Waals surface area contributed by atoms with Gasteiger partial charge in [-0.2, -0.15) is 0 Å². The number of aliphatic hydroxyl groups excluding tert-OH is 1. The highest BCUT2D eigenvalue weighted by Crippen LogP contribution is 2.31. The zero-order chi connectivity index (χ0) is 25.8. The molecule has 36 heavy (non-hydrogen) atoms. The summed E-state index contributed by atoms with van der Waals surface area (Å²) in [4.78, 5) is 14.6. The number of nitro groups is 1. The fourth-order valence-corrected chi connectivity index (χ4v) is 4.85. The van der Waals surface area contributed by atoms with E-state index in [1.165, 1.54) is 39.7 Å². The number of hydrogen-bond donors (Lipinski definition) is 3. The average Bonchev–Trinajstić information content (AvgIpc) is 3.21. The summed E-state index contributed by atoms with van der Waals surface area (Å²) < 4.78 is 29.1. The monoisotopic (exact) mass is 499 g/mol. The zero-order valence-corrected chi connectivity index (χ0v) is 20.4. The molecule has 0 spiro atoms. The van der Waals surface area contributed by atoms with Gasteiger partial charge in [-0.25, -0.2) is 8.78 Å². The van der Waals surface area contributed by atoms with Crippen LogP contribution in [0.1, 0.15) is 48.1 Å². The lowest BCUT2D eigenvalue weighted by molar-refractivity contribution is -0.388. The van der Waals surface area contributed by atoms with Gasteiger partial charge in [-0.3, -0.25) is 4.57 Å². The number of halogens is 2. The van der Waals surface area contributed by atoms with Crippen LogP contribution in [0.25, 0.3) is 0 Å². The van der Waals surface area contributed by atoms with Crippen molar-refractivity contribution in [1.82, 2.24) is 14.9 Å². The summed E-state index contributed by atoms with van der Waals surface area (Å²) >= 11 is 0. The molecule has 1 aromatic heterocycles. The van der Waals surface area contributed by atoms with Crippen LogP contribution in [-0.2, 0) is 26.3 Å². The summed E-state index contributed by atoms with van der Waals surface area (Å²) in [7, 11) is 1.59. The maximum atomic E-state index is 13.8. The van der Waals surface area contributed by atoms with E-state index in [1.807, 2.05) is 0 Å². The van der Waals surface area contributed by atoms with Crippen molar-refractivity contribution in [2.24, 2.45) is 7.05 Å². The number of aromatic nitrogens is 2. The summed E-state index contributed by atoms with van der Waals surface area (Å²) in [5.41, 5.74) is 4.09. The van der Waals surface area contributed by atoms with Crippen LogP contribution in [0.2, 0.25) is 0 Å². The quantitative estimate of drug-likeness (QED) is 0.285. The minimum atomic E-state index is -1.02. The molecule has 3 N–H and O–H groups in total. The zero-order valence-electron chi connectivity index (χ0n) is 20.4. The molecule has 0 fully saturated rings. The normalized spacial score (nSPS) is 16.9. The van der Waals surface area contributed by atoms with Gasteiger partial charge < -0.3 is 25.9 Å². The van der Waals surface area contributed by atoms with Crippen LogP contribution in [0.15, 0.2) is 42.7 Å². The van der Waals surface area contributed by atoms with Crippen LogP contribution in [0.3, 0.4) is 0 Å². The van der Waals surface area contributed by atoms with Crippen molar-refractivity contribution in [2.75, 3.05) is 11.9 Å².